The average Bonchev–Trinajstić information content (AvgIpc) is 2.73. The fourth-order valence-electron chi connectivity index (χ4n) is 4.02. The van der Waals surface area contributed by atoms with Crippen LogP contribution < -0.4 is 9.47 Å². The number of rotatable bonds is 10. The maximum Gasteiger partial charge on any atom is 0.123 e. The summed E-state index contributed by atoms with van der Waals surface area (Å²) in [4.78, 5) is 4.61. The average molecular weight is 393 g/mol. The summed E-state index contributed by atoms with van der Waals surface area (Å²) in [6, 6.07) is 7.43. The van der Waals surface area contributed by atoms with E-state index in [0.29, 0.717) is 24.6 Å². The third-order valence-electron chi connectivity index (χ3n) is 5.53. The van der Waals surface area contributed by atoms with E-state index in [1.807, 2.05) is 24.3 Å². The zero-order valence-electron chi connectivity index (χ0n) is 17.0. The molecule has 158 valence electrons. The van der Waals surface area contributed by atoms with Gasteiger partial charge in [-0.15, -0.1) is 0 Å². The van der Waals surface area contributed by atoms with Gasteiger partial charge in [0.25, 0.3) is 0 Å². The van der Waals surface area contributed by atoms with Crippen LogP contribution in [-0.2, 0) is 0 Å². The van der Waals surface area contributed by atoms with E-state index in [2.05, 4.69) is 9.80 Å². The second-order valence-corrected chi connectivity index (χ2v) is 8.13. The highest BCUT2D eigenvalue weighted by atomic mass is 16.5. The summed E-state index contributed by atoms with van der Waals surface area (Å²) in [5, 5.41) is 20.5. The van der Waals surface area contributed by atoms with Crippen molar-refractivity contribution in [1.82, 2.24) is 9.80 Å². The topological polar surface area (TPSA) is 65.4 Å². The Morgan fingerprint density at radius 3 is 1.57 bits per heavy atom. The molecule has 0 amide bonds. The molecule has 2 aliphatic rings. The maximum absolute atomic E-state index is 10.2. The monoisotopic (exact) mass is 392 g/mol. The summed E-state index contributed by atoms with van der Waals surface area (Å²) in [7, 11) is 0. The molecule has 2 heterocycles. The largest absolute Gasteiger partial charge is 0.491 e. The molecule has 6 nitrogen and oxygen atoms in total. The van der Waals surface area contributed by atoms with Crippen LogP contribution in [0.3, 0.4) is 0 Å². The van der Waals surface area contributed by atoms with E-state index in [1.54, 1.807) is 0 Å². The lowest BCUT2D eigenvalue weighted by Crippen LogP contribution is -2.38. The first-order valence-corrected chi connectivity index (χ1v) is 10.9. The predicted octanol–water partition coefficient (Wildman–Crippen LogP) is 2.14. The minimum absolute atomic E-state index is 0.275. The smallest absolute Gasteiger partial charge is 0.123 e. The highest BCUT2D eigenvalue weighted by Gasteiger charge is 2.16. The Kier molecular flexibility index (Phi) is 8.86. The van der Waals surface area contributed by atoms with Crippen LogP contribution in [0.1, 0.15) is 38.5 Å². The Bertz CT molecular complexity index is 514. The van der Waals surface area contributed by atoms with Crippen molar-refractivity contribution in [2.24, 2.45) is 0 Å². The summed E-state index contributed by atoms with van der Waals surface area (Å²) in [5.41, 5.74) is 0. The van der Waals surface area contributed by atoms with Crippen molar-refractivity contribution in [2.75, 3.05) is 52.5 Å². The second-order valence-electron chi connectivity index (χ2n) is 8.13. The summed E-state index contributed by atoms with van der Waals surface area (Å²) in [6.07, 6.45) is 6.48. The van der Waals surface area contributed by atoms with Crippen LogP contribution >= 0.6 is 0 Å². The molecule has 0 aliphatic carbocycles. The van der Waals surface area contributed by atoms with E-state index in [9.17, 15) is 10.2 Å². The molecule has 0 saturated carbocycles. The van der Waals surface area contributed by atoms with Gasteiger partial charge < -0.3 is 29.5 Å². The molecule has 0 aromatic heterocycles. The van der Waals surface area contributed by atoms with E-state index in [0.717, 1.165) is 26.2 Å². The lowest BCUT2D eigenvalue weighted by molar-refractivity contribution is 0.0594. The third kappa shape index (κ3) is 7.59. The highest BCUT2D eigenvalue weighted by molar-refractivity contribution is 5.33. The van der Waals surface area contributed by atoms with Crippen molar-refractivity contribution in [3.63, 3.8) is 0 Å². The van der Waals surface area contributed by atoms with Gasteiger partial charge in [-0.2, -0.15) is 0 Å². The molecule has 2 unspecified atom stereocenters. The number of hydrogen-bond acceptors (Lipinski definition) is 6. The molecule has 1 aromatic rings. The van der Waals surface area contributed by atoms with Crippen molar-refractivity contribution in [3.05, 3.63) is 24.3 Å². The number of likely N-dealkylation sites (tertiary alicyclic amines) is 2. The van der Waals surface area contributed by atoms with Crippen molar-refractivity contribution >= 4 is 0 Å². The van der Waals surface area contributed by atoms with E-state index < -0.39 is 12.2 Å². The molecular formula is C22H36N2O4. The summed E-state index contributed by atoms with van der Waals surface area (Å²) in [5.74, 6) is 1.36. The van der Waals surface area contributed by atoms with E-state index >= 15 is 0 Å². The van der Waals surface area contributed by atoms with Gasteiger partial charge in [0, 0.05) is 19.2 Å². The van der Waals surface area contributed by atoms with Gasteiger partial charge in [-0.1, -0.05) is 18.9 Å². The molecule has 0 radical (unpaired) electrons. The normalized spacial score (nSPS) is 21.2. The van der Waals surface area contributed by atoms with Gasteiger partial charge in [-0.25, -0.2) is 0 Å². The molecule has 6 heteroatoms. The van der Waals surface area contributed by atoms with Crippen LogP contribution in [-0.4, -0.2) is 84.7 Å². The number of β-amino-alcohol motifs (C(OH)–C–C–N with tert-alkyl or cyclic N) is 2. The summed E-state index contributed by atoms with van der Waals surface area (Å²) < 4.78 is 11.5. The lowest BCUT2D eigenvalue weighted by Gasteiger charge is -2.28. The Labute approximate surface area is 169 Å². The van der Waals surface area contributed by atoms with Crippen molar-refractivity contribution in [1.29, 1.82) is 0 Å². The molecule has 2 atom stereocenters. The fourth-order valence-corrected chi connectivity index (χ4v) is 4.02. The van der Waals surface area contributed by atoms with Gasteiger partial charge in [0.05, 0.1) is 0 Å². The van der Waals surface area contributed by atoms with Crippen LogP contribution in [0.2, 0.25) is 0 Å². The molecule has 2 fully saturated rings. The first kappa shape index (κ1) is 21.4. The first-order valence-electron chi connectivity index (χ1n) is 10.9. The van der Waals surface area contributed by atoms with Crippen LogP contribution in [0, 0.1) is 0 Å². The number of ether oxygens (including phenoxy) is 2. The zero-order valence-corrected chi connectivity index (χ0v) is 17.0. The molecule has 0 bridgehead atoms. The Morgan fingerprint density at radius 1 is 0.714 bits per heavy atom. The van der Waals surface area contributed by atoms with E-state index in [-0.39, 0.29) is 13.2 Å². The molecule has 2 saturated heterocycles. The number of aliphatic hydroxyl groups excluding tert-OH is 2. The van der Waals surface area contributed by atoms with Crippen LogP contribution in [0.15, 0.2) is 24.3 Å². The SMILES string of the molecule is OC(COc1cccc(OCC(O)CN2CCCCC2)c1)CN1CCCCC1. The molecule has 28 heavy (non-hydrogen) atoms. The van der Waals surface area contributed by atoms with Gasteiger partial charge in [0.2, 0.25) is 0 Å². The Balaban J connectivity index is 1.36. The first-order chi connectivity index (χ1) is 13.7. The minimum atomic E-state index is -0.492. The summed E-state index contributed by atoms with van der Waals surface area (Å²) >= 11 is 0. The predicted molar refractivity (Wildman–Crippen MR) is 110 cm³/mol. The Morgan fingerprint density at radius 2 is 1.14 bits per heavy atom. The molecule has 3 rings (SSSR count). The number of piperidine rings is 2. The van der Waals surface area contributed by atoms with Crippen LogP contribution in [0.4, 0.5) is 0 Å². The molecular weight excluding hydrogens is 356 g/mol. The maximum atomic E-state index is 10.2. The zero-order chi connectivity index (χ0) is 19.6. The number of nitrogens with zero attached hydrogens (tertiary/aromatic N) is 2. The van der Waals surface area contributed by atoms with Gasteiger partial charge >= 0.3 is 0 Å². The molecule has 2 N–H and O–H groups in total. The summed E-state index contributed by atoms with van der Waals surface area (Å²) in [6.45, 7) is 6.16. The number of aliphatic hydroxyl groups is 2. The second kappa shape index (κ2) is 11.6. The minimum Gasteiger partial charge on any atom is -0.491 e. The van der Waals surface area contributed by atoms with Crippen molar-refractivity contribution < 1.29 is 19.7 Å². The number of hydrogen-bond donors (Lipinski definition) is 2. The van der Waals surface area contributed by atoms with Gasteiger partial charge in [0.15, 0.2) is 0 Å². The third-order valence-corrected chi connectivity index (χ3v) is 5.53. The van der Waals surface area contributed by atoms with Crippen LogP contribution in [0.5, 0.6) is 11.5 Å². The Hall–Kier alpha value is -1.34. The van der Waals surface area contributed by atoms with E-state index in [1.165, 1.54) is 38.5 Å². The molecule has 1 aromatic carbocycles. The van der Waals surface area contributed by atoms with Gasteiger partial charge in [0.1, 0.15) is 36.9 Å². The fraction of sp³-hybridized carbons (Fsp3) is 0.727. The quantitative estimate of drug-likeness (QED) is 0.636. The highest BCUT2D eigenvalue weighted by Crippen LogP contribution is 2.20. The van der Waals surface area contributed by atoms with E-state index in [4.69, 9.17) is 9.47 Å². The molecule has 2 aliphatic heterocycles. The van der Waals surface area contributed by atoms with Gasteiger partial charge in [-0.05, 0) is 64.0 Å². The van der Waals surface area contributed by atoms with Crippen molar-refractivity contribution in [3.8, 4) is 11.5 Å². The van der Waals surface area contributed by atoms with Crippen LogP contribution in [0.25, 0.3) is 0 Å². The lowest BCUT2D eigenvalue weighted by atomic mass is 10.1. The number of benzene rings is 1. The van der Waals surface area contributed by atoms with Crippen molar-refractivity contribution in [2.45, 2.75) is 50.7 Å². The molecule has 0 spiro atoms. The van der Waals surface area contributed by atoms with Gasteiger partial charge in [-0.3, -0.25) is 0 Å². The standard InChI is InChI=1S/C22H36N2O4/c25-19(15-23-10-3-1-4-11-23)17-27-21-8-7-9-22(14-21)28-18-20(26)16-24-12-5-2-6-13-24/h7-9,14,19-20,25-26H,1-6,10-13,15-18H2.